The second-order valence-electron chi connectivity index (χ2n) is 6.10. The van der Waals surface area contributed by atoms with E-state index in [2.05, 4.69) is 60.4 Å². The summed E-state index contributed by atoms with van der Waals surface area (Å²) in [6.07, 6.45) is 3.22. The van der Waals surface area contributed by atoms with Gasteiger partial charge in [0.15, 0.2) is 0 Å². The van der Waals surface area contributed by atoms with Crippen LogP contribution in [0.3, 0.4) is 0 Å². The number of hydrogen-bond acceptors (Lipinski definition) is 2. The van der Waals surface area contributed by atoms with Crippen molar-refractivity contribution in [2.75, 3.05) is 18.0 Å². The van der Waals surface area contributed by atoms with Gasteiger partial charge < -0.3 is 10.6 Å². The van der Waals surface area contributed by atoms with Crippen LogP contribution in [-0.4, -0.2) is 19.1 Å². The van der Waals surface area contributed by atoms with Gasteiger partial charge >= 0.3 is 0 Å². The second-order valence-corrected chi connectivity index (χ2v) is 6.10. The molecule has 0 aromatic heterocycles. The molecule has 1 heterocycles. The third kappa shape index (κ3) is 3.45. The Hall–Kier alpha value is -1.80. The first-order chi connectivity index (χ1) is 10.2. The normalized spacial score (nSPS) is 16.2. The van der Waals surface area contributed by atoms with Gasteiger partial charge in [0, 0.05) is 24.8 Å². The molecule has 1 unspecified atom stereocenters. The lowest BCUT2D eigenvalue weighted by atomic mass is 10.0. The summed E-state index contributed by atoms with van der Waals surface area (Å²) in [5.41, 5.74) is 11.5. The van der Waals surface area contributed by atoms with Crippen molar-refractivity contribution in [2.24, 2.45) is 5.73 Å². The highest BCUT2D eigenvalue weighted by Gasteiger charge is 2.13. The van der Waals surface area contributed by atoms with Crippen molar-refractivity contribution >= 4 is 5.69 Å². The first kappa shape index (κ1) is 14.2. The van der Waals surface area contributed by atoms with Gasteiger partial charge in [-0.3, -0.25) is 0 Å². The molecular formula is C19H24N2. The van der Waals surface area contributed by atoms with Crippen LogP contribution in [0.1, 0.15) is 23.6 Å². The molecule has 2 heteroatoms. The molecule has 110 valence electrons. The largest absolute Gasteiger partial charge is 0.371 e. The number of fused-ring (bicyclic) bond motifs is 1. The lowest BCUT2D eigenvalue weighted by molar-refractivity contribution is 0.737. The smallest absolute Gasteiger partial charge is 0.0366 e. The van der Waals surface area contributed by atoms with E-state index in [1.807, 2.05) is 0 Å². The lowest BCUT2D eigenvalue weighted by Gasteiger charge is -2.23. The lowest BCUT2D eigenvalue weighted by Crippen LogP contribution is -2.26. The number of hydrogen-bond donors (Lipinski definition) is 1. The van der Waals surface area contributed by atoms with Gasteiger partial charge in [0.25, 0.3) is 0 Å². The first-order valence-electron chi connectivity index (χ1n) is 7.88. The highest BCUT2D eigenvalue weighted by atomic mass is 15.1. The number of benzene rings is 2. The SMILES string of the molecule is CC(N)Cc1ccc(N2CCc3ccccc3CC2)cc1. The molecule has 1 atom stereocenters. The van der Waals surface area contributed by atoms with Gasteiger partial charge in [-0.15, -0.1) is 0 Å². The summed E-state index contributed by atoms with van der Waals surface area (Å²) in [5.74, 6) is 0. The van der Waals surface area contributed by atoms with Crippen molar-refractivity contribution in [1.82, 2.24) is 0 Å². The minimum atomic E-state index is 0.225. The topological polar surface area (TPSA) is 29.3 Å². The van der Waals surface area contributed by atoms with Gasteiger partial charge in [-0.2, -0.15) is 0 Å². The molecule has 0 amide bonds. The van der Waals surface area contributed by atoms with Crippen LogP contribution in [0.5, 0.6) is 0 Å². The maximum atomic E-state index is 5.86. The fourth-order valence-corrected chi connectivity index (χ4v) is 3.14. The van der Waals surface area contributed by atoms with E-state index in [9.17, 15) is 0 Å². The number of nitrogens with two attached hydrogens (primary N) is 1. The highest BCUT2D eigenvalue weighted by Crippen LogP contribution is 2.21. The number of anilines is 1. The summed E-state index contributed by atoms with van der Waals surface area (Å²) < 4.78 is 0. The van der Waals surface area contributed by atoms with Gasteiger partial charge in [0.1, 0.15) is 0 Å². The Morgan fingerprint density at radius 1 is 0.952 bits per heavy atom. The Morgan fingerprint density at radius 3 is 2.05 bits per heavy atom. The standard InChI is InChI=1S/C19H24N2/c1-15(20)14-16-6-8-19(9-7-16)21-12-10-17-4-2-3-5-18(17)11-13-21/h2-9,15H,10-14,20H2,1H3. The van der Waals surface area contributed by atoms with Crippen LogP contribution in [-0.2, 0) is 19.3 Å². The van der Waals surface area contributed by atoms with Gasteiger partial charge in [0.2, 0.25) is 0 Å². The Bertz CT molecular complexity index is 560. The van der Waals surface area contributed by atoms with Crippen LogP contribution in [0.4, 0.5) is 5.69 Å². The summed E-state index contributed by atoms with van der Waals surface area (Å²) in [4.78, 5) is 2.50. The van der Waals surface area contributed by atoms with Crippen LogP contribution in [0.15, 0.2) is 48.5 Å². The van der Waals surface area contributed by atoms with Gasteiger partial charge in [-0.05, 0) is 55.0 Å². The molecule has 0 radical (unpaired) electrons. The van der Waals surface area contributed by atoms with E-state index >= 15 is 0 Å². The Kier molecular flexibility index (Phi) is 4.26. The summed E-state index contributed by atoms with van der Waals surface area (Å²) in [7, 11) is 0. The van der Waals surface area contributed by atoms with E-state index in [0.717, 1.165) is 32.4 Å². The fourth-order valence-electron chi connectivity index (χ4n) is 3.14. The average molecular weight is 280 g/mol. The third-order valence-electron chi connectivity index (χ3n) is 4.28. The predicted octanol–water partition coefficient (Wildman–Crippen LogP) is 3.18. The van der Waals surface area contributed by atoms with Crippen molar-refractivity contribution in [3.8, 4) is 0 Å². The average Bonchev–Trinajstić information content (AvgIpc) is 2.70. The minimum absolute atomic E-state index is 0.225. The fraction of sp³-hybridized carbons (Fsp3) is 0.368. The summed E-state index contributed by atoms with van der Waals surface area (Å²) in [6, 6.07) is 18.0. The van der Waals surface area contributed by atoms with Crippen molar-refractivity contribution in [1.29, 1.82) is 0 Å². The summed E-state index contributed by atoms with van der Waals surface area (Å²) >= 11 is 0. The zero-order valence-corrected chi connectivity index (χ0v) is 12.8. The Balaban J connectivity index is 1.71. The third-order valence-corrected chi connectivity index (χ3v) is 4.28. The predicted molar refractivity (Wildman–Crippen MR) is 89.9 cm³/mol. The Morgan fingerprint density at radius 2 is 1.52 bits per heavy atom. The molecule has 0 saturated heterocycles. The van der Waals surface area contributed by atoms with Gasteiger partial charge in [-0.25, -0.2) is 0 Å². The zero-order chi connectivity index (χ0) is 14.7. The van der Waals surface area contributed by atoms with E-state index in [1.165, 1.54) is 22.4 Å². The van der Waals surface area contributed by atoms with Crippen molar-refractivity contribution < 1.29 is 0 Å². The van der Waals surface area contributed by atoms with Crippen LogP contribution >= 0.6 is 0 Å². The van der Waals surface area contributed by atoms with Crippen LogP contribution in [0, 0.1) is 0 Å². The van der Waals surface area contributed by atoms with E-state index in [1.54, 1.807) is 0 Å². The molecule has 0 aliphatic carbocycles. The maximum Gasteiger partial charge on any atom is 0.0366 e. The second kappa shape index (κ2) is 6.31. The van der Waals surface area contributed by atoms with Crippen LogP contribution in [0.2, 0.25) is 0 Å². The molecule has 0 bridgehead atoms. The molecule has 21 heavy (non-hydrogen) atoms. The van der Waals surface area contributed by atoms with Crippen molar-refractivity contribution in [3.63, 3.8) is 0 Å². The van der Waals surface area contributed by atoms with Gasteiger partial charge in [0.05, 0.1) is 0 Å². The number of rotatable bonds is 3. The molecule has 0 saturated carbocycles. The van der Waals surface area contributed by atoms with E-state index in [4.69, 9.17) is 5.73 Å². The molecule has 2 aromatic rings. The molecule has 1 aliphatic rings. The van der Waals surface area contributed by atoms with E-state index < -0.39 is 0 Å². The van der Waals surface area contributed by atoms with E-state index in [0.29, 0.717) is 0 Å². The van der Waals surface area contributed by atoms with Crippen LogP contribution in [0.25, 0.3) is 0 Å². The highest BCUT2D eigenvalue weighted by molar-refractivity contribution is 5.49. The summed E-state index contributed by atoms with van der Waals surface area (Å²) in [6.45, 7) is 4.26. The quantitative estimate of drug-likeness (QED) is 0.935. The maximum absolute atomic E-state index is 5.86. The molecular weight excluding hydrogens is 256 g/mol. The molecule has 0 spiro atoms. The zero-order valence-electron chi connectivity index (χ0n) is 12.8. The first-order valence-corrected chi connectivity index (χ1v) is 7.88. The van der Waals surface area contributed by atoms with Crippen molar-refractivity contribution in [2.45, 2.75) is 32.2 Å². The van der Waals surface area contributed by atoms with Crippen molar-refractivity contribution in [3.05, 3.63) is 65.2 Å². The minimum Gasteiger partial charge on any atom is -0.371 e. The monoisotopic (exact) mass is 280 g/mol. The molecule has 1 aliphatic heterocycles. The Labute approximate surface area is 127 Å². The molecule has 2 nitrogen and oxygen atoms in total. The molecule has 0 fully saturated rings. The number of nitrogens with zero attached hydrogens (tertiary/aromatic N) is 1. The summed E-state index contributed by atoms with van der Waals surface area (Å²) in [5, 5.41) is 0. The van der Waals surface area contributed by atoms with E-state index in [-0.39, 0.29) is 6.04 Å². The molecule has 2 aromatic carbocycles. The molecule has 2 N–H and O–H groups in total. The van der Waals surface area contributed by atoms with Crippen LogP contribution < -0.4 is 10.6 Å². The molecule has 3 rings (SSSR count). The van der Waals surface area contributed by atoms with Gasteiger partial charge in [-0.1, -0.05) is 36.4 Å².